The number of fused-ring (bicyclic) bond motifs is 2. The molecular weight excluding hydrogens is 303 g/mol. The highest BCUT2D eigenvalue weighted by Crippen LogP contribution is 2.36. The topological polar surface area (TPSA) is 52.8 Å². The molecule has 0 radical (unpaired) electrons. The molecule has 0 bridgehead atoms. The van der Waals surface area contributed by atoms with Crippen LogP contribution in [0.2, 0.25) is 0 Å². The fraction of sp³-hybridized carbons (Fsp3) is 0.333. The molecule has 24 heavy (non-hydrogen) atoms. The fourth-order valence-electron chi connectivity index (χ4n) is 2.89. The first-order chi connectivity index (χ1) is 11.3. The highest BCUT2D eigenvalue weighted by atomic mass is 16.7. The molecule has 4 rings (SSSR count). The Morgan fingerprint density at radius 1 is 1.04 bits per heavy atom. The summed E-state index contributed by atoms with van der Waals surface area (Å²) >= 11 is 0. The van der Waals surface area contributed by atoms with Gasteiger partial charge in [0.25, 0.3) is 5.56 Å². The number of nitrogens with zero attached hydrogens (tertiary/aromatic N) is 2. The van der Waals surface area contributed by atoms with Gasteiger partial charge in [0.15, 0.2) is 0 Å². The first-order valence-electron chi connectivity index (χ1n) is 8.05. The standard InChI is InChI=1S/C18H19BN2O3/c1-17(2)18(3,4)24-19(23-17)12-9-10-21-15(11-12)20-14-8-6-5-7-13(14)16(21)22/h5-11H,1-4H3. The summed E-state index contributed by atoms with van der Waals surface area (Å²) in [6.07, 6.45) is 1.73. The normalized spacial score (nSPS) is 19.2. The van der Waals surface area contributed by atoms with E-state index in [0.717, 1.165) is 5.46 Å². The molecule has 1 aromatic carbocycles. The van der Waals surface area contributed by atoms with Gasteiger partial charge in [-0.25, -0.2) is 4.98 Å². The molecule has 3 heterocycles. The van der Waals surface area contributed by atoms with E-state index in [4.69, 9.17) is 9.31 Å². The van der Waals surface area contributed by atoms with Crippen molar-refractivity contribution in [2.75, 3.05) is 0 Å². The van der Waals surface area contributed by atoms with Crippen molar-refractivity contribution >= 4 is 29.1 Å². The van der Waals surface area contributed by atoms with E-state index in [2.05, 4.69) is 4.98 Å². The van der Waals surface area contributed by atoms with Crippen LogP contribution in [0, 0.1) is 0 Å². The molecule has 0 unspecified atom stereocenters. The third-order valence-electron chi connectivity index (χ3n) is 5.07. The minimum atomic E-state index is -0.469. The highest BCUT2D eigenvalue weighted by Gasteiger charge is 2.51. The zero-order chi connectivity index (χ0) is 17.1. The molecule has 2 aromatic heterocycles. The SMILES string of the molecule is CC1(C)OB(c2ccn3c(=O)c4ccccc4nc3c2)OC1(C)C. The van der Waals surface area contributed by atoms with Crippen molar-refractivity contribution in [3.05, 3.63) is 52.9 Å². The van der Waals surface area contributed by atoms with E-state index < -0.39 is 18.3 Å². The van der Waals surface area contributed by atoms with Crippen molar-refractivity contribution in [3.8, 4) is 0 Å². The largest absolute Gasteiger partial charge is 0.495 e. The maximum Gasteiger partial charge on any atom is 0.495 e. The van der Waals surface area contributed by atoms with Gasteiger partial charge in [-0.3, -0.25) is 9.20 Å². The molecule has 6 heteroatoms. The first kappa shape index (κ1) is 15.4. The summed E-state index contributed by atoms with van der Waals surface area (Å²) in [7, 11) is -0.469. The van der Waals surface area contributed by atoms with Crippen LogP contribution < -0.4 is 11.0 Å². The number of benzene rings is 1. The lowest BCUT2D eigenvalue weighted by Crippen LogP contribution is -2.41. The summed E-state index contributed by atoms with van der Waals surface area (Å²) in [6, 6.07) is 11.1. The minimum absolute atomic E-state index is 0.0731. The summed E-state index contributed by atoms with van der Waals surface area (Å²) in [4.78, 5) is 17.2. The molecule has 3 aromatic rings. The third-order valence-corrected chi connectivity index (χ3v) is 5.07. The Labute approximate surface area is 140 Å². The van der Waals surface area contributed by atoms with Gasteiger partial charge in [-0.2, -0.15) is 0 Å². The molecule has 0 spiro atoms. The van der Waals surface area contributed by atoms with E-state index in [0.29, 0.717) is 16.6 Å². The number of rotatable bonds is 1. The van der Waals surface area contributed by atoms with Gasteiger partial charge in [-0.1, -0.05) is 12.1 Å². The van der Waals surface area contributed by atoms with Gasteiger partial charge in [0.1, 0.15) is 5.65 Å². The summed E-state index contributed by atoms with van der Waals surface area (Å²) in [5.41, 5.74) is 1.26. The summed E-state index contributed by atoms with van der Waals surface area (Å²) in [5, 5.41) is 0.610. The maximum atomic E-state index is 12.6. The molecule has 122 valence electrons. The number of hydrogen-bond acceptors (Lipinski definition) is 4. The summed E-state index contributed by atoms with van der Waals surface area (Å²) < 4.78 is 13.7. The van der Waals surface area contributed by atoms with E-state index in [-0.39, 0.29) is 5.56 Å². The second-order valence-electron chi connectivity index (χ2n) is 7.21. The van der Waals surface area contributed by atoms with Gasteiger partial charge < -0.3 is 9.31 Å². The van der Waals surface area contributed by atoms with E-state index in [1.54, 1.807) is 16.7 Å². The molecular formula is C18H19BN2O3. The van der Waals surface area contributed by atoms with Crippen LogP contribution in [0.1, 0.15) is 27.7 Å². The molecule has 1 aliphatic rings. The van der Waals surface area contributed by atoms with Crippen LogP contribution in [-0.2, 0) is 9.31 Å². The predicted molar refractivity (Wildman–Crippen MR) is 94.7 cm³/mol. The molecule has 0 amide bonds. The van der Waals surface area contributed by atoms with Crippen LogP contribution in [0.5, 0.6) is 0 Å². The molecule has 5 nitrogen and oxygen atoms in total. The molecule has 1 fully saturated rings. The van der Waals surface area contributed by atoms with Crippen molar-refractivity contribution in [1.29, 1.82) is 0 Å². The second kappa shape index (κ2) is 4.91. The van der Waals surface area contributed by atoms with Crippen molar-refractivity contribution in [3.63, 3.8) is 0 Å². The van der Waals surface area contributed by atoms with Crippen LogP contribution >= 0.6 is 0 Å². The summed E-state index contributed by atoms with van der Waals surface area (Å²) in [5.74, 6) is 0. The van der Waals surface area contributed by atoms with E-state index in [1.165, 1.54) is 0 Å². The lowest BCUT2D eigenvalue weighted by molar-refractivity contribution is 0.00578. The van der Waals surface area contributed by atoms with Gasteiger partial charge in [0, 0.05) is 6.20 Å². The lowest BCUT2D eigenvalue weighted by Gasteiger charge is -2.32. The van der Waals surface area contributed by atoms with Gasteiger partial charge in [-0.15, -0.1) is 0 Å². The van der Waals surface area contributed by atoms with Gasteiger partial charge in [0.2, 0.25) is 0 Å². The van der Waals surface area contributed by atoms with Crippen LogP contribution in [0.25, 0.3) is 16.6 Å². The Balaban J connectivity index is 1.85. The molecule has 0 N–H and O–H groups in total. The van der Waals surface area contributed by atoms with Crippen LogP contribution in [0.15, 0.2) is 47.4 Å². The van der Waals surface area contributed by atoms with Crippen molar-refractivity contribution in [2.24, 2.45) is 0 Å². The van der Waals surface area contributed by atoms with Crippen molar-refractivity contribution in [1.82, 2.24) is 9.38 Å². The quantitative estimate of drug-likeness (QED) is 0.509. The van der Waals surface area contributed by atoms with E-state index in [1.807, 2.05) is 58.0 Å². The Morgan fingerprint density at radius 3 is 2.42 bits per heavy atom. The average molecular weight is 322 g/mol. The zero-order valence-corrected chi connectivity index (χ0v) is 14.2. The molecule has 0 saturated carbocycles. The smallest absolute Gasteiger partial charge is 0.399 e. The lowest BCUT2D eigenvalue weighted by atomic mass is 9.80. The highest BCUT2D eigenvalue weighted by molar-refractivity contribution is 6.62. The molecule has 1 saturated heterocycles. The van der Waals surface area contributed by atoms with Crippen LogP contribution in [-0.4, -0.2) is 27.7 Å². The molecule has 0 aliphatic carbocycles. The maximum absolute atomic E-state index is 12.6. The number of pyridine rings is 1. The minimum Gasteiger partial charge on any atom is -0.399 e. The average Bonchev–Trinajstić information content (AvgIpc) is 2.75. The van der Waals surface area contributed by atoms with Crippen molar-refractivity contribution in [2.45, 2.75) is 38.9 Å². The first-order valence-corrected chi connectivity index (χ1v) is 8.05. The van der Waals surface area contributed by atoms with Crippen LogP contribution in [0.3, 0.4) is 0 Å². The molecule has 0 atom stereocenters. The fourth-order valence-corrected chi connectivity index (χ4v) is 2.89. The van der Waals surface area contributed by atoms with Crippen molar-refractivity contribution < 1.29 is 9.31 Å². The predicted octanol–water partition coefficient (Wildman–Crippen LogP) is 2.15. The van der Waals surface area contributed by atoms with Gasteiger partial charge >= 0.3 is 7.12 Å². The van der Waals surface area contributed by atoms with Gasteiger partial charge in [-0.05, 0) is 57.4 Å². The van der Waals surface area contributed by atoms with Gasteiger partial charge in [0.05, 0.1) is 22.1 Å². The Bertz CT molecular complexity index is 994. The third kappa shape index (κ3) is 2.18. The zero-order valence-electron chi connectivity index (χ0n) is 14.2. The Morgan fingerprint density at radius 2 is 1.71 bits per heavy atom. The monoisotopic (exact) mass is 322 g/mol. The molecule has 1 aliphatic heterocycles. The second-order valence-corrected chi connectivity index (χ2v) is 7.21. The Hall–Kier alpha value is -2.18. The summed E-state index contributed by atoms with van der Waals surface area (Å²) in [6.45, 7) is 8.07. The number of para-hydroxylation sites is 1. The number of hydrogen-bond donors (Lipinski definition) is 0. The number of aromatic nitrogens is 2. The van der Waals surface area contributed by atoms with E-state index >= 15 is 0 Å². The Kier molecular flexibility index (Phi) is 3.14. The van der Waals surface area contributed by atoms with E-state index in [9.17, 15) is 4.79 Å². The van der Waals surface area contributed by atoms with Crippen LogP contribution in [0.4, 0.5) is 0 Å².